The first-order chi connectivity index (χ1) is 9.04. The Kier molecular flexibility index (Phi) is 5.18. The molecule has 106 valence electrons. The molecule has 1 amide bonds. The predicted molar refractivity (Wildman–Crippen MR) is 76.3 cm³/mol. The smallest absolute Gasteiger partial charge is 0.407 e. The normalized spacial score (nSPS) is 23.4. The molecule has 0 saturated carbocycles. The van der Waals surface area contributed by atoms with Crippen molar-refractivity contribution in [1.82, 2.24) is 10.3 Å². The van der Waals surface area contributed by atoms with E-state index in [0.29, 0.717) is 6.61 Å². The highest BCUT2D eigenvalue weighted by atomic mass is 79.9. The van der Waals surface area contributed by atoms with Gasteiger partial charge < -0.3 is 14.8 Å². The Morgan fingerprint density at radius 2 is 2.42 bits per heavy atom. The zero-order chi connectivity index (χ0) is 13.8. The summed E-state index contributed by atoms with van der Waals surface area (Å²) < 4.78 is 11.8. The number of hydrogen-bond donors (Lipinski definition) is 1. The zero-order valence-corrected chi connectivity index (χ0v) is 13.3. The van der Waals surface area contributed by atoms with Crippen molar-refractivity contribution in [1.29, 1.82) is 0 Å². The first kappa shape index (κ1) is 14.7. The SMILES string of the molecule is CC(C)OC(=O)N[C@@H]1CC[C@@H](c2ncc(Br)s2)OC1. The van der Waals surface area contributed by atoms with Gasteiger partial charge in [0.25, 0.3) is 0 Å². The van der Waals surface area contributed by atoms with Crippen LogP contribution < -0.4 is 5.32 Å². The van der Waals surface area contributed by atoms with E-state index < -0.39 is 0 Å². The minimum absolute atomic E-state index is 0.0194. The molecular weight excluding hydrogens is 332 g/mol. The molecule has 1 aliphatic heterocycles. The molecule has 1 fully saturated rings. The lowest BCUT2D eigenvalue weighted by atomic mass is 10.1. The Labute approximate surface area is 124 Å². The van der Waals surface area contributed by atoms with E-state index in [1.807, 2.05) is 13.8 Å². The second kappa shape index (κ2) is 6.67. The molecule has 1 aromatic rings. The van der Waals surface area contributed by atoms with E-state index >= 15 is 0 Å². The molecular formula is C12H17BrN2O3S. The third kappa shape index (κ3) is 4.43. The summed E-state index contributed by atoms with van der Waals surface area (Å²) in [6.45, 7) is 4.15. The molecule has 1 aliphatic rings. The predicted octanol–water partition coefficient (Wildman–Crippen LogP) is 3.26. The lowest BCUT2D eigenvalue weighted by Crippen LogP contribution is -2.42. The fourth-order valence-electron chi connectivity index (χ4n) is 1.89. The first-order valence-electron chi connectivity index (χ1n) is 6.24. The number of nitrogens with zero attached hydrogens (tertiary/aromatic N) is 1. The van der Waals surface area contributed by atoms with Gasteiger partial charge >= 0.3 is 6.09 Å². The molecule has 0 bridgehead atoms. The molecule has 0 aliphatic carbocycles. The highest BCUT2D eigenvalue weighted by Crippen LogP contribution is 2.32. The molecule has 2 heterocycles. The van der Waals surface area contributed by atoms with Gasteiger partial charge in [0.2, 0.25) is 0 Å². The maximum absolute atomic E-state index is 11.5. The average Bonchev–Trinajstić information content (AvgIpc) is 2.75. The fourth-order valence-corrected chi connectivity index (χ4v) is 3.22. The summed E-state index contributed by atoms with van der Waals surface area (Å²) in [5, 5.41) is 3.80. The number of nitrogens with one attached hydrogen (secondary N) is 1. The van der Waals surface area contributed by atoms with Crippen LogP contribution in [0.4, 0.5) is 4.79 Å². The molecule has 0 aromatic carbocycles. The number of ether oxygens (including phenoxy) is 2. The Hall–Kier alpha value is -0.660. The van der Waals surface area contributed by atoms with Gasteiger partial charge in [0.1, 0.15) is 11.1 Å². The second-order valence-electron chi connectivity index (χ2n) is 4.70. The van der Waals surface area contributed by atoms with E-state index in [1.54, 1.807) is 17.5 Å². The summed E-state index contributed by atoms with van der Waals surface area (Å²) in [6.07, 6.45) is 3.06. The minimum atomic E-state index is -0.376. The lowest BCUT2D eigenvalue weighted by Gasteiger charge is -2.28. The monoisotopic (exact) mass is 348 g/mol. The highest BCUT2D eigenvalue weighted by molar-refractivity contribution is 9.11. The van der Waals surface area contributed by atoms with E-state index in [2.05, 4.69) is 26.2 Å². The number of thiazole rings is 1. The van der Waals surface area contributed by atoms with Gasteiger partial charge in [-0.1, -0.05) is 0 Å². The minimum Gasteiger partial charge on any atom is -0.447 e. The van der Waals surface area contributed by atoms with Crippen LogP contribution in [-0.2, 0) is 9.47 Å². The average molecular weight is 349 g/mol. The van der Waals surface area contributed by atoms with Gasteiger partial charge in [0.05, 0.1) is 28.7 Å². The molecule has 19 heavy (non-hydrogen) atoms. The molecule has 2 atom stereocenters. The second-order valence-corrected chi connectivity index (χ2v) is 7.14. The van der Waals surface area contributed by atoms with Crippen LogP contribution in [-0.4, -0.2) is 29.8 Å². The van der Waals surface area contributed by atoms with Gasteiger partial charge in [0, 0.05) is 0 Å². The van der Waals surface area contributed by atoms with E-state index in [-0.39, 0.29) is 24.3 Å². The van der Waals surface area contributed by atoms with Crippen LogP contribution in [0, 0.1) is 0 Å². The van der Waals surface area contributed by atoms with Crippen molar-refractivity contribution in [2.75, 3.05) is 6.61 Å². The molecule has 0 radical (unpaired) electrons. The number of carbonyl (C=O) groups is 1. The third-order valence-electron chi connectivity index (χ3n) is 2.71. The van der Waals surface area contributed by atoms with Crippen molar-refractivity contribution in [3.05, 3.63) is 15.0 Å². The molecule has 2 rings (SSSR count). The Morgan fingerprint density at radius 3 is 2.95 bits per heavy atom. The van der Waals surface area contributed by atoms with Crippen LogP contribution in [0.15, 0.2) is 9.98 Å². The summed E-state index contributed by atoms with van der Waals surface area (Å²) in [7, 11) is 0. The van der Waals surface area contributed by atoms with E-state index in [0.717, 1.165) is 21.6 Å². The quantitative estimate of drug-likeness (QED) is 0.910. The molecule has 0 unspecified atom stereocenters. The maximum Gasteiger partial charge on any atom is 0.407 e. The Balaban J connectivity index is 1.78. The summed E-state index contributed by atoms with van der Waals surface area (Å²) in [5.74, 6) is 0. The van der Waals surface area contributed by atoms with Crippen LogP contribution in [0.25, 0.3) is 0 Å². The van der Waals surface area contributed by atoms with Crippen molar-refractivity contribution < 1.29 is 14.3 Å². The third-order valence-corrected chi connectivity index (χ3v) is 4.28. The number of halogens is 1. The van der Waals surface area contributed by atoms with Crippen LogP contribution in [0.5, 0.6) is 0 Å². The van der Waals surface area contributed by atoms with Gasteiger partial charge in [-0.15, -0.1) is 11.3 Å². The van der Waals surface area contributed by atoms with Crippen molar-refractivity contribution in [3.8, 4) is 0 Å². The largest absolute Gasteiger partial charge is 0.447 e. The first-order valence-corrected chi connectivity index (χ1v) is 7.85. The summed E-state index contributed by atoms with van der Waals surface area (Å²) in [4.78, 5) is 15.8. The van der Waals surface area contributed by atoms with Crippen LogP contribution in [0.2, 0.25) is 0 Å². The van der Waals surface area contributed by atoms with E-state index in [1.165, 1.54) is 0 Å². The van der Waals surface area contributed by atoms with Gasteiger partial charge in [-0.2, -0.15) is 0 Å². The van der Waals surface area contributed by atoms with Gasteiger partial charge in [-0.05, 0) is 42.6 Å². The molecule has 1 saturated heterocycles. The number of hydrogen-bond acceptors (Lipinski definition) is 5. The zero-order valence-electron chi connectivity index (χ0n) is 10.9. The standard InChI is InChI=1S/C12H17BrN2O3S/c1-7(2)18-12(16)15-8-3-4-9(17-6-8)11-14-5-10(13)19-11/h5,7-9H,3-4,6H2,1-2H3,(H,15,16)/t8-,9+/m1/s1. The molecule has 1 N–H and O–H groups in total. The van der Waals surface area contributed by atoms with Gasteiger partial charge in [0.15, 0.2) is 0 Å². The Bertz CT molecular complexity index is 430. The molecule has 7 heteroatoms. The van der Waals surface area contributed by atoms with Gasteiger partial charge in [-0.25, -0.2) is 9.78 Å². The highest BCUT2D eigenvalue weighted by Gasteiger charge is 2.26. The van der Waals surface area contributed by atoms with Crippen LogP contribution >= 0.6 is 27.3 Å². The molecule has 1 aromatic heterocycles. The summed E-state index contributed by atoms with van der Waals surface area (Å²) >= 11 is 4.98. The van der Waals surface area contributed by atoms with Crippen molar-refractivity contribution in [2.24, 2.45) is 0 Å². The van der Waals surface area contributed by atoms with Gasteiger partial charge in [-0.3, -0.25) is 0 Å². The van der Waals surface area contributed by atoms with Crippen molar-refractivity contribution in [2.45, 2.75) is 44.9 Å². The number of alkyl carbamates (subject to hydrolysis) is 1. The van der Waals surface area contributed by atoms with Crippen molar-refractivity contribution >= 4 is 33.4 Å². The van der Waals surface area contributed by atoms with E-state index in [9.17, 15) is 4.79 Å². The Morgan fingerprint density at radius 1 is 1.63 bits per heavy atom. The number of amides is 1. The summed E-state index contributed by atoms with van der Waals surface area (Å²) in [5.41, 5.74) is 0. The number of rotatable bonds is 3. The molecule has 0 spiro atoms. The maximum atomic E-state index is 11.5. The van der Waals surface area contributed by atoms with Crippen LogP contribution in [0.3, 0.4) is 0 Å². The van der Waals surface area contributed by atoms with Crippen LogP contribution in [0.1, 0.15) is 37.8 Å². The summed E-state index contributed by atoms with van der Waals surface area (Å²) in [6, 6.07) is 0.0194. The molecule has 5 nitrogen and oxygen atoms in total. The number of carbonyl (C=O) groups excluding carboxylic acids is 1. The lowest BCUT2D eigenvalue weighted by molar-refractivity contribution is -0.00533. The van der Waals surface area contributed by atoms with Crippen molar-refractivity contribution in [3.63, 3.8) is 0 Å². The topological polar surface area (TPSA) is 60.5 Å². The number of aromatic nitrogens is 1. The van der Waals surface area contributed by atoms with E-state index in [4.69, 9.17) is 9.47 Å². The fraction of sp³-hybridized carbons (Fsp3) is 0.667.